The van der Waals surface area contributed by atoms with Crippen molar-refractivity contribution in [2.24, 2.45) is 5.92 Å². The number of hydrogen-bond donors (Lipinski definition) is 0. The third kappa shape index (κ3) is 2.43. The van der Waals surface area contributed by atoms with Gasteiger partial charge in [0.05, 0.1) is 17.6 Å². The smallest absolute Gasteiger partial charge is 0.155 e. The minimum absolute atomic E-state index is 0.297. The standard InChI is InChI=1S/C19H18N2O/c1-13-3-2-4-15(9-13)16-10-18-17(20-11-16)7-8-21(18)12-19(22)14-5-6-14/h2-4,7-11,14H,5-6,12H2,1H3. The van der Waals surface area contributed by atoms with E-state index in [1.54, 1.807) is 0 Å². The maximum absolute atomic E-state index is 12.1. The topological polar surface area (TPSA) is 34.9 Å². The van der Waals surface area contributed by atoms with Gasteiger partial charge in [0.15, 0.2) is 5.78 Å². The Labute approximate surface area is 129 Å². The van der Waals surface area contributed by atoms with Crippen molar-refractivity contribution in [3.8, 4) is 11.1 Å². The molecule has 0 unspecified atom stereocenters. The van der Waals surface area contributed by atoms with E-state index in [2.05, 4.69) is 42.2 Å². The van der Waals surface area contributed by atoms with E-state index in [0.29, 0.717) is 18.2 Å². The molecule has 2 aromatic heterocycles. The average molecular weight is 290 g/mol. The van der Waals surface area contributed by atoms with Gasteiger partial charge in [-0.15, -0.1) is 0 Å². The van der Waals surface area contributed by atoms with E-state index in [9.17, 15) is 4.79 Å². The van der Waals surface area contributed by atoms with E-state index >= 15 is 0 Å². The highest BCUT2D eigenvalue weighted by Crippen LogP contribution is 2.31. The number of Topliss-reactive ketones (excluding diaryl/α,β-unsaturated/α-hetero) is 1. The predicted octanol–water partition coefficient (Wildman–Crippen LogP) is 3.99. The van der Waals surface area contributed by atoms with Crippen molar-refractivity contribution < 1.29 is 4.79 Å². The Kier molecular flexibility index (Phi) is 3.07. The molecule has 3 heteroatoms. The highest BCUT2D eigenvalue weighted by molar-refractivity contribution is 5.86. The van der Waals surface area contributed by atoms with Crippen LogP contribution in [-0.4, -0.2) is 15.3 Å². The van der Waals surface area contributed by atoms with Gasteiger partial charge in [0, 0.05) is 23.9 Å². The fraction of sp³-hybridized carbons (Fsp3) is 0.263. The van der Waals surface area contributed by atoms with Crippen LogP contribution < -0.4 is 0 Å². The number of rotatable bonds is 4. The Morgan fingerprint density at radius 2 is 2.09 bits per heavy atom. The minimum atomic E-state index is 0.297. The quantitative estimate of drug-likeness (QED) is 0.728. The molecular formula is C19H18N2O. The monoisotopic (exact) mass is 290 g/mol. The van der Waals surface area contributed by atoms with Crippen LogP contribution in [0, 0.1) is 12.8 Å². The summed E-state index contributed by atoms with van der Waals surface area (Å²) in [6, 6.07) is 12.5. The first-order valence-electron chi connectivity index (χ1n) is 7.75. The van der Waals surface area contributed by atoms with Crippen LogP contribution in [0.5, 0.6) is 0 Å². The number of hydrogen-bond acceptors (Lipinski definition) is 2. The zero-order chi connectivity index (χ0) is 15.1. The summed E-state index contributed by atoms with van der Waals surface area (Å²) in [6.45, 7) is 2.56. The average Bonchev–Trinajstić information content (AvgIpc) is 3.30. The maximum Gasteiger partial charge on any atom is 0.155 e. The third-order valence-corrected chi connectivity index (χ3v) is 4.33. The molecule has 0 spiro atoms. The fourth-order valence-corrected chi connectivity index (χ4v) is 2.89. The molecule has 0 radical (unpaired) electrons. The lowest BCUT2D eigenvalue weighted by Crippen LogP contribution is -2.10. The Morgan fingerprint density at radius 1 is 1.23 bits per heavy atom. The summed E-state index contributed by atoms with van der Waals surface area (Å²) >= 11 is 0. The van der Waals surface area contributed by atoms with Gasteiger partial charge >= 0.3 is 0 Å². The van der Waals surface area contributed by atoms with E-state index in [-0.39, 0.29) is 0 Å². The van der Waals surface area contributed by atoms with Crippen molar-refractivity contribution in [1.82, 2.24) is 9.55 Å². The van der Waals surface area contributed by atoms with Crippen LogP contribution in [0.2, 0.25) is 0 Å². The lowest BCUT2D eigenvalue weighted by molar-refractivity contribution is -0.120. The summed E-state index contributed by atoms with van der Waals surface area (Å²) in [7, 11) is 0. The zero-order valence-electron chi connectivity index (χ0n) is 12.6. The normalized spacial score (nSPS) is 14.4. The van der Waals surface area contributed by atoms with Crippen LogP contribution in [0.25, 0.3) is 22.2 Å². The van der Waals surface area contributed by atoms with E-state index in [1.165, 1.54) is 5.56 Å². The van der Waals surface area contributed by atoms with Crippen LogP contribution in [0.1, 0.15) is 18.4 Å². The number of ketones is 1. The molecule has 1 aromatic carbocycles. The number of carbonyl (C=O) groups is 1. The molecule has 3 nitrogen and oxygen atoms in total. The molecule has 4 rings (SSSR count). The first kappa shape index (κ1) is 13.3. The van der Waals surface area contributed by atoms with Crippen molar-refractivity contribution in [2.75, 3.05) is 0 Å². The summed E-state index contributed by atoms with van der Waals surface area (Å²) < 4.78 is 2.03. The summed E-state index contributed by atoms with van der Waals surface area (Å²) in [5.74, 6) is 0.642. The Hall–Kier alpha value is -2.42. The summed E-state index contributed by atoms with van der Waals surface area (Å²) in [6.07, 6.45) is 6.00. The molecular weight excluding hydrogens is 272 g/mol. The number of aryl methyl sites for hydroxylation is 1. The number of pyridine rings is 1. The van der Waals surface area contributed by atoms with Gasteiger partial charge in [-0.1, -0.05) is 29.8 Å². The molecule has 1 fully saturated rings. The third-order valence-electron chi connectivity index (χ3n) is 4.33. The van der Waals surface area contributed by atoms with Crippen molar-refractivity contribution in [1.29, 1.82) is 0 Å². The van der Waals surface area contributed by atoms with Crippen LogP contribution in [0.3, 0.4) is 0 Å². The zero-order valence-corrected chi connectivity index (χ0v) is 12.6. The van der Waals surface area contributed by atoms with E-state index in [1.807, 2.05) is 23.0 Å². The van der Waals surface area contributed by atoms with Gasteiger partial charge in [0.2, 0.25) is 0 Å². The second kappa shape index (κ2) is 5.09. The molecule has 2 heterocycles. The van der Waals surface area contributed by atoms with Gasteiger partial charge in [-0.05, 0) is 37.5 Å². The molecule has 0 N–H and O–H groups in total. The highest BCUT2D eigenvalue weighted by Gasteiger charge is 2.29. The number of carbonyl (C=O) groups excluding carboxylic acids is 1. The molecule has 0 bridgehead atoms. The molecule has 1 saturated carbocycles. The predicted molar refractivity (Wildman–Crippen MR) is 87.6 cm³/mol. The van der Waals surface area contributed by atoms with Gasteiger partial charge in [-0.25, -0.2) is 0 Å². The molecule has 110 valence electrons. The molecule has 0 aliphatic heterocycles. The van der Waals surface area contributed by atoms with E-state index in [0.717, 1.165) is 35.0 Å². The molecule has 0 atom stereocenters. The Balaban J connectivity index is 1.74. The molecule has 1 aliphatic carbocycles. The van der Waals surface area contributed by atoms with Crippen LogP contribution in [-0.2, 0) is 11.3 Å². The first-order chi connectivity index (χ1) is 10.7. The fourth-order valence-electron chi connectivity index (χ4n) is 2.89. The van der Waals surface area contributed by atoms with Crippen molar-refractivity contribution in [2.45, 2.75) is 26.3 Å². The summed E-state index contributed by atoms with van der Waals surface area (Å²) in [5, 5.41) is 0. The van der Waals surface area contributed by atoms with Crippen molar-refractivity contribution >= 4 is 16.8 Å². The number of fused-ring (bicyclic) bond motifs is 1. The lowest BCUT2D eigenvalue weighted by Gasteiger charge is -2.06. The molecule has 22 heavy (non-hydrogen) atoms. The van der Waals surface area contributed by atoms with Crippen LogP contribution >= 0.6 is 0 Å². The number of aromatic nitrogens is 2. The summed E-state index contributed by atoms with van der Waals surface area (Å²) in [4.78, 5) is 16.6. The Bertz CT molecular complexity index is 859. The molecule has 0 saturated heterocycles. The van der Waals surface area contributed by atoms with Crippen LogP contribution in [0.4, 0.5) is 0 Å². The summed E-state index contributed by atoms with van der Waals surface area (Å²) in [5.41, 5.74) is 5.47. The maximum atomic E-state index is 12.1. The minimum Gasteiger partial charge on any atom is -0.339 e. The molecule has 1 aliphatic rings. The van der Waals surface area contributed by atoms with E-state index < -0.39 is 0 Å². The first-order valence-corrected chi connectivity index (χ1v) is 7.75. The van der Waals surface area contributed by atoms with Crippen LogP contribution in [0.15, 0.2) is 48.8 Å². The van der Waals surface area contributed by atoms with Gasteiger partial charge in [-0.2, -0.15) is 0 Å². The van der Waals surface area contributed by atoms with Crippen molar-refractivity contribution in [3.63, 3.8) is 0 Å². The number of benzene rings is 1. The van der Waals surface area contributed by atoms with Gasteiger partial charge < -0.3 is 4.57 Å². The van der Waals surface area contributed by atoms with Gasteiger partial charge in [0.1, 0.15) is 0 Å². The van der Waals surface area contributed by atoms with E-state index in [4.69, 9.17) is 0 Å². The second-order valence-electron chi connectivity index (χ2n) is 6.18. The number of nitrogens with zero attached hydrogens (tertiary/aromatic N) is 2. The Morgan fingerprint density at radius 3 is 2.86 bits per heavy atom. The second-order valence-corrected chi connectivity index (χ2v) is 6.18. The highest BCUT2D eigenvalue weighted by atomic mass is 16.1. The lowest BCUT2D eigenvalue weighted by atomic mass is 10.1. The molecule has 3 aromatic rings. The van der Waals surface area contributed by atoms with Gasteiger partial charge in [-0.3, -0.25) is 9.78 Å². The largest absolute Gasteiger partial charge is 0.339 e. The van der Waals surface area contributed by atoms with Gasteiger partial charge in [0.25, 0.3) is 0 Å². The SMILES string of the molecule is Cc1cccc(-c2cnc3ccn(CC(=O)C4CC4)c3c2)c1. The molecule has 0 amide bonds. The van der Waals surface area contributed by atoms with Crippen molar-refractivity contribution in [3.05, 3.63) is 54.4 Å².